The van der Waals surface area contributed by atoms with E-state index in [0.29, 0.717) is 0 Å². The zero-order chi connectivity index (χ0) is 22.4. The van der Waals surface area contributed by atoms with Crippen molar-refractivity contribution in [3.63, 3.8) is 0 Å². The van der Waals surface area contributed by atoms with Crippen LogP contribution in [0, 0.1) is 53.3 Å². The maximum absolute atomic E-state index is 4.69. The Morgan fingerprint density at radius 2 is 1.58 bits per heavy atom. The van der Waals surface area contributed by atoms with Gasteiger partial charge in [0.05, 0.1) is 0 Å². The summed E-state index contributed by atoms with van der Waals surface area (Å²) in [5.74, 6) is 8.46. The Balaban J connectivity index is 1.52. The summed E-state index contributed by atoms with van der Waals surface area (Å²) in [6.07, 6.45) is 21.8. The van der Waals surface area contributed by atoms with Crippen LogP contribution in [0.1, 0.15) is 131 Å². The van der Waals surface area contributed by atoms with Crippen LogP contribution in [0.25, 0.3) is 0 Å². The van der Waals surface area contributed by atoms with E-state index < -0.39 is 0 Å². The van der Waals surface area contributed by atoms with Crippen molar-refractivity contribution in [1.29, 1.82) is 0 Å². The molecule has 180 valence electrons. The maximum Gasteiger partial charge on any atom is -0.0203 e. The summed E-state index contributed by atoms with van der Waals surface area (Å²) >= 11 is 0. The van der Waals surface area contributed by atoms with E-state index in [1.54, 1.807) is 5.57 Å². The molecule has 3 saturated carbocycles. The minimum Gasteiger partial charge on any atom is -0.0996 e. The second kappa shape index (κ2) is 12.3. The summed E-state index contributed by atoms with van der Waals surface area (Å²) in [5.41, 5.74) is 1.59. The molecule has 0 spiro atoms. The number of hydrogen-bond donors (Lipinski definition) is 0. The molecule has 0 aromatic heterocycles. The van der Waals surface area contributed by atoms with E-state index in [-0.39, 0.29) is 0 Å². The van der Waals surface area contributed by atoms with Crippen molar-refractivity contribution in [2.24, 2.45) is 53.3 Å². The smallest absolute Gasteiger partial charge is 0.0203 e. The normalized spacial score (nSPS) is 35.2. The zero-order valence-corrected chi connectivity index (χ0v) is 22.0. The van der Waals surface area contributed by atoms with Gasteiger partial charge in [-0.25, -0.2) is 0 Å². The summed E-state index contributed by atoms with van der Waals surface area (Å²) in [5, 5.41) is 0. The molecule has 3 aliphatic carbocycles. The average molecular weight is 429 g/mol. The first-order valence-corrected chi connectivity index (χ1v) is 14.6. The van der Waals surface area contributed by atoms with Crippen molar-refractivity contribution < 1.29 is 0 Å². The van der Waals surface area contributed by atoms with Crippen molar-refractivity contribution >= 4 is 0 Å². The van der Waals surface area contributed by atoms with Gasteiger partial charge >= 0.3 is 0 Å². The van der Waals surface area contributed by atoms with Gasteiger partial charge in [0, 0.05) is 0 Å². The standard InChI is InChI=1S/C31H56/c1-7-12-28(29-18-9-8-13-24(29)4)17-10-14-23(3)25(5)30-20-19-22(2)21-31(30)26(6)27-15-11-16-27/h22,24-31H,3,7-21H2,1-2,4-6H3. The molecular weight excluding hydrogens is 372 g/mol. The predicted molar refractivity (Wildman–Crippen MR) is 138 cm³/mol. The molecule has 0 heteroatoms. The number of hydrogen-bond acceptors (Lipinski definition) is 0. The van der Waals surface area contributed by atoms with Gasteiger partial charge in [-0.3, -0.25) is 0 Å². The quantitative estimate of drug-likeness (QED) is 0.287. The van der Waals surface area contributed by atoms with Gasteiger partial charge in [0.1, 0.15) is 0 Å². The van der Waals surface area contributed by atoms with E-state index in [9.17, 15) is 0 Å². The van der Waals surface area contributed by atoms with Crippen LogP contribution in [0.3, 0.4) is 0 Å². The lowest BCUT2D eigenvalue weighted by atomic mass is 9.59. The van der Waals surface area contributed by atoms with E-state index in [1.165, 1.54) is 96.3 Å². The van der Waals surface area contributed by atoms with Gasteiger partial charge in [-0.05, 0) is 91.8 Å². The first kappa shape index (κ1) is 25.4. The summed E-state index contributed by atoms with van der Waals surface area (Å²) in [6, 6.07) is 0. The largest absolute Gasteiger partial charge is 0.0996 e. The second-order valence-corrected chi connectivity index (χ2v) is 12.6. The topological polar surface area (TPSA) is 0 Å². The van der Waals surface area contributed by atoms with Crippen LogP contribution in [0.2, 0.25) is 0 Å². The van der Waals surface area contributed by atoms with Crippen LogP contribution in [0.5, 0.6) is 0 Å². The molecule has 8 atom stereocenters. The van der Waals surface area contributed by atoms with E-state index in [1.807, 2.05) is 0 Å². The molecule has 0 N–H and O–H groups in total. The Kier molecular flexibility index (Phi) is 10.0. The van der Waals surface area contributed by atoms with Crippen molar-refractivity contribution in [2.45, 2.75) is 131 Å². The van der Waals surface area contributed by atoms with Gasteiger partial charge in [-0.2, -0.15) is 0 Å². The summed E-state index contributed by atoms with van der Waals surface area (Å²) in [4.78, 5) is 0. The molecule has 0 nitrogen and oxygen atoms in total. The lowest BCUT2D eigenvalue weighted by Crippen LogP contribution is -2.37. The molecule has 0 amide bonds. The monoisotopic (exact) mass is 428 g/mol. The van der Waals surface area contributed by atoms with Gasteiger partial charge in [0.2, 0.25) is 0 Å². The van der Waals surface area contributed by atoms with Crippen LogP contribution >= 0.6 is 0 Å². The van der Waals surface area contributed by atoms with Crippen LogP contribution in [-0.2, 0) is 0 Å². The van der Waals surface area contributed by atoms with Crippen molar-refractivity contribution in [3.05, 3.63) is 12.2 Å². The summed E-state index contributed by atoms with van der Waals surface area (Å²) < 4.78 is 0. The van der Waals surface area contributed by atoms with Crippen molar-refractivity contribution in [1.82, 2.24) is 0 Å². The minimum absolute atomic E-state index is 0.734. The third-order valence-corrected chi connectivity index (χ3v) is 10.6. The molecule has 0 aromatic rings. The predicted octanol–water partition coefficient (Wildman–Crippen LogP) is 10.1. The fourth-order valence-electron chi connectivity index (χ4n) is 8.10. The molecule has 0 heterocycles. The Labute approximate surface area is 196 Å². The van der Waals surface area contributed by atoms with Crippen LogP contribution < -0.4 is 0 Å². The number of allylic oxidation sites excluding steroid dienone is 1. The molecular formula is C31H56. The molecule has 0 aromatic carbocycles. The SMILES string of the molecule is C=C(CCCC(CCC)C1CCCCC1C)C(C)C1CCC(C)CC1C(C)C1CCC1. The second-order valence-electron chi connectivity index (χ2n) is 12.6. The molecule has 0 radical (unpaired) electrons. The van der Waals surface area contributed by atoms with Gasteiger partial charge < -0.3 is 0 Å². The van der Waals surface area contributed by atoms with Crippen molar-refractivity contribution in [3.8, 4) is 0 Å². The van der Waals surface area contributed by atoms with Crippen LogP contribution in [0.15, 0.2) is 12.2 Å². The molecule has 3 fully saturated rings. The maximum atomic E-state index is 4.69. The molecule has 31 heavy (non-hydrogen) atoms. The molecule has 0 bridgehead atoms. The van der Waals surface area contributed by atoms with Gasteiger partial charge in [-0.15, -0.1) is 0 Å². The highest BCUT2D eigenvalue weighted by Gasteiger charge is 2.40. The summed E-state index contributed by atoms with van der Waals surface area (Å²) in [6.45, 7) is 17.3. The Hall–Kier alpha value is -0.260. The van der Waals surface area contributed by atoms with E-state index >= 15 is 0 Å². The zero-order valence-electron chi connectivity index (χ0n) is 22.0. The molecule has 0 aliphatic heterocycles. The highest BCUT2D eigenvalue weighted by molar-refractivity contribution is 5.04. The molecule has 3 aliphatic rings. The van der Waals surface area contributed by atoms with Crippen LogP contribution in [-0.4, -0.2) is 0 Å². The number of rotatable bonds is 11. The third-order valence-electron chi connectivity index (χ3n) is 10.6. The highest BCUT2D eigenvalue weighted by Crippen LogP contribution is 2.49. The van der Waals surface area contributed by atoms with E-state index in [4.69, 9.17) is 6.58 Å². The molecule has 8 unspecified atom stereocenters. The first-order valence-electron chi connectivity index (χ1n) is 14.6. The molecule has 3 rings (SSSR count). The fraction of sp³-hybridized carbons (Fsp3) is 0.935. The third kappa shape index (κ3) is 6.63. The van der Waals surface area contributed by atoms with Crippen LogP contribution in [0.4, 0.5) is 0 Å². The lowest BCUT2D eigenvalue weighted by molar-refractivity contribution is 0.0497. The van der Waals surface area contributed by atoms with Crippen molar-refractivity contribution in [2.75, 3.05) is 0 Å². The van der Waals surface area contributed by atoms with Gasteiger partial charge in [0.25, 0.3) is 0 Å². The highest BCUT2D eigenvalue weighted by atomic mass is 14.4. The minimum atomic E-state index is 0.734. The molecule has 0 saturated heterocycles. The van der Waals surface area contributed by atoms with E-state index in [0.717, 1.165) is 53.3 Å². The van der Waals surface area contributed by atoms with E-state index in [2.05, 4.69) is 34.6 Å². The fourth-order valence-corrected chi connectivity index (χ4v) is 8.10. The summed E-state index contributed by atoms with van der Waals surface area (Å²) in [7, 11) is 0. The first-order chi connectivity index (χ1) is 14.9. The Bertz CT molecular complexity index is 528. The van der Waals surface area contributed by atoms with Gasteiger partial charge in [0.15, 0.2) is 0 Å². The average Bonchev–Trinajstić information content (AvgIpc) is 2.71. The van der Waals surface area contributed by atoms with Gasteiger partial charge in [-0.1, -0.05) is 105 Å². The Morgan fingerprint density at radius 3 is 2.23 bits per heavy atom. The Morgan fingerprint density at radius 1 is 0.839 bits per heavy atom. The lowest BCUT2D eigenvalue weighted by Gasteiger charge is -2.46.